The highest BCUT2D eigenvalue weighted by atomic mass is 79.9. The van der Waals surface area contributed by atoms with E-state index in [-0.39, 0.29) is 24.4 Å². The van der Waals surface area contributed by atoms with E-state index < -0.39 is 0 Å². The van der Waals surface area contributed by atoms with Crippen molar-refractivity contribution in [3.63, 3.8) is 0 Å². The van der Waals surface area contributed by atoms with Gasteiger partial charge in [-0.15, -0.1) is 22.7 Å². The van der Waals surface area contributed by atoms with Gasteiger partial charge in [-0.25, -0.2) is 4.39 Å². The summed E-state index contributed by atoms with van der Waals surface area (Å²) in [6.07, 6.45) is 0.862. The van der Waals surface area contributed by atoms with Gasteiger partial charge in [0, 0.05) is 16.3 Å². The fraction of sp³-hybridized carbons (Fsp3) is 0.211. The second-order valence-electron chi connectivity index (χ2n) is 5.92. The minimum absolute atomic E-state index is 0.0576. The van der Waals surface area contributed by atoms with Gasteiger partial charge in [0.1, 0.15) is 11.6 Å². The molecule has 2 aromatic heterocycles. The summed E-state index contributed by atoms with van der Waals surface area (Å²) in [6, 6.07) is 10.3. The fourth-order valence-corrected chi connectivity index (χ4v) is 5.38. The highest BCUT2D eigenvalue weighted by Gasteiger charge is 2.33. The normalized spacial score (nSPS) is 16.4. The number of amides is 1. The summed E-state index contributed by atoms with van der Waals surface area (Å²) in [4.78, 5) is 17.3. The van der Waals surface area contributed by atoms with Gasteiger partial charge in [0.05, 0.1) is 10.5 Å². The van der Waals surface area contributed by atoms with Gasteiger partial charge in [0.2, 0.25) is 0 Å². The van der Waals surface area contributed by atoms with Crippen molar-refractivity contribution in [1.29, 1.82) is 0 Å². The summed E-state index contributed by atoms with van der Waals surface area (Å²) in [7, 11) is 0. The highest BCUT2D eigenvalue weighted by molar-refractivity contribution is 9.10. The van der Waals surface area contributed by atoms with E-state index in [2.05, 4.69) is 33.4 Å². The van der Waals surface area contributed by atoms with E-state index in [4.69, 9.17) is 4.74 Å². The predicted octanol–water partition coefficient (Wildman–Crippen LogP) is 5.26. The number of hydrogen-bond acceptors (Lipinski definition) is 4. The van der Waals surface area contributed by atoms with Crippen LogP contribution in [0.25, 0.3) is 0 Å². The minimum atomic E-state index is -0.352. The minimum Gasteiger partial charge on any atom is -0.483 e. The Balaban J connectivity index is 1.55. The lowest BCUT2D eigenvalue weighted by atomic mass is 9.98. The topological polar surface area (TPSA) is 29.5 Å². The number of carbonyl (C=O) groups excluding carboxylic acids is 1. The Morgan fingerprint density at radius 1 is 1.27 bits per heavy atom. The zero-order valence-corrected chi connectivity index (χ0v) is 16.9. The van der Waals surface area contributed by atoms with Crippen LogP contribution in [0.2, 0.25) is 0 Å². The van der Waals surface area contributed by atoms with Crippen LogP contribution in [-0.2, 0) is 11.2 Å². The molecule has 0 spiro atoms. The lowest BCUT2D eigenvalue weighted by Crippen LogP contribution is -2.42. The first-order valence-electron chi connectivity index (χ1n) is 8.10. The second kappa shape index (κ2) is 7.50. The third kappa shape index (κ3) is 3.43. The van der Waals surface area contributed by atoms with Crippen LogP contribution in [-0.4, -0.2) is 24.0 Å². The zero-order chi connectivity index (χ0) is 18.1. The van der Waals surface area contributed by atoms with E-state index >= 15 is 0 Å². The maximum atomic E-state index is 13.2. The maximum Gasteiger partial charge on any atom is 0.261 e. The molecule has 0 saturated heterocycles. The first kappa shape index (κ1) is 17.7. The molecule has 0 aliphatic carbocycles. The maximum absolute atomic E-state index is 13.2. The molecule has 1 atom stereocenters. The first-order valence-corrected chi connectivity index (χ1v) is 10.7. The Morgan fingerprint density at radius 3 is 2.92 bits per heavy atom. The fourth-order valence-electron chi connectivity index (χ4n) is 3.15. The van der Waals surface area contributed by atoms with Crippen LogP contribution in [0.4, 0.5) is 4.39 Å². The second-order valence-corrected chi connectivity index (χ2v) is 8.75. The van der Waals surface area contributed by atoms with Crippen LogP contribution in [0, 0.1) is 5.82 Å². The van der Waals surface area contributed by atoms with Crippen molar-refractivity contribution in [1.82, 2.24) is 4.90 Å². The molecule has 0 fully saturated rings. The number of rotatable bonds is 4. The van der Waals surface area contributed by atoms with Gasteiger partial charge in [0.25, 0.3) is 5.91 Å². The number of halogens is 2. The Kier molecular flexibility index (Phi) is 5.11. The molecule has 1 aromatic carbocycles. The van der Waals surface area contributed by atoms with Crippen molar-refractivity contribution in [2.75, 3.05) is 13.2 Å². The summed E-state index contributed by atoms with van der Waals surface area (Å²) in [5, 5.41) is 4.12. The lowest BCUT2D eigenvalue weighted by Gasteiger charge is -2.35. The number of fused-ring (bicyclic) bond motifs is 1. The molecule has 7 heteroatoms. The average molecular weight is 452 g/mol. The predicted molar refractivity (Wildman–Crippen MR) is 105 cm³/mol. The number of hydrogen-bond donors (Lipinski definition) is 0. The molecular formula is C19H15BrFNO2S2. The number of nitrogens with zero attached hydrogens (tertiary/aromatic N) is 1. The Hall–Kier alpha value is -1.70. The lowest BCUT2D eigenvalue weighted by molar-refractivity contribution is -0.135. The molecule has 3 aromatic rings. The Labute approximate surface area is 167 Å². The van der Waals surface area contributed by atoms with Crippen LogP contribution in [0.1, 0.15) is 21.4 Å². The Morgan fingerprint density at radius 2 is 2.15 bits per heavy atom. The first-order chi connectivity index (χ1) is 12.6. The van der Waals surface area contributed by atoms with E-state index in [1.165, 1.54) is 28.6 Å². The van der Waals surface area contributed by atoms with Gasteiger partial charge in [-0.1, -0.05) is 6.07 Å². The van der Waals surface area contributed by atoms with Gasteiger partial charge in [-0.3, -0.25) is 4.79 Å². The average Bonchev–Trinajstić information content (AvgIpc) is 3.31. The molecule has 1 unspecified atom stereocenters. The third-order valence-electron chi connectivity index (χ3n) is 4.34. The molecule has 1 aliphatic heterocycles. The van der Waals surface area contributed by atoms with Crippen molar-refractivity contribution < 1.29 is 13.9 Å². The number of carbonyl (C=O) groups is 1. The van der Waals surface area contributed by atoms with Crippen molar-refractivity contribution in [3.8, 4) is 5.75 Å². The van der Waals surface area contributed by atoms with Gasteiger partial charge in [-0.05, 0) is 69.0 Å². The van der Waals surface area contributed by atoms with Crippen LogP contribution in [0.3, 0.4) is 0 Å². The summed E-state index contributed by atoms with van der Waals surface area (Å²) in [5.74, 6) is 0.0338. The molecule has 134 valence electrons. The van der Waals surface area contributed by atoms with Crippen molar-refractivity contribution >= 4 is 44.5 Å². The summed E-state index contributed by atoms with van der Waals surface area (Å²) in [5.41, 5.74) is 1.21. The molecule has 1 amide bonds. The van der Waals surface area contributed by atoms with Crippen molar-refractivity contribution in [2.45, 2.75) is 12.5 Å². The summed E-state index contributed by atoms with van der Waals surface area (Å²) < 4.78 is 19.3. The van der Waals surface area contributed by atoms with E-state index in [0.717, 1.165) is 11.3 Å². The zero-order valence-electron chi connectivity index (χ0n) is 13.7. The standard InChI is InChI=1S/C19H15BrFNO2S2/c20-14-10-12(21)3-4-15(14)24-11-18(23)22-7-5-16-13(6-9-26-16)19(22)17-2-1-8-25-17/h1-4,6,8-10,19H,5,7,11H2. The number of ether oxygens (including phenoxy) is 1. The molecule has 3 nitrogen and oxygen atoms in total. The van der Waals surface area contributed by atoms with E-state index in [9.17, 15) is 9.18 Å². The van der Waals surface area contributed by atoms with Crippen LogP contribution in [0.5, 0.6) is 5.75 Å². The van der Waals surface area contributed by atoms with E-state index in [0.29, 0.717) is 16.8 Å². The van der Waals surface area contributed by atoms with Gasteiger partial charge >= 0.3 is 0 Å². The molecule has 0 radical (unpaired) electrons. The van der Waals surface area contributed by atoms with Crippen molar-refractivity contribution in [3.05, 3.63) is 72.8 Å². The molecule has 0 bridgehead atoms. The van der Waals surface area contributed by atoms with Crippen LogP contribution in [0.15, 0.2) is 51.6 Å². The van der Waals surface area contributed by atoms with Crippen molar-refractivity contribution in [2.24, 2.45) is 0 Å². The van der Waals surface area contributed by atoms with Crippen LogP contribution >= 0.6 is 38.6 Å². The number of thiophene rings is 2. The monoisotopic (exact) mass is 451 g/mol. The summed E-state index contributed by atoms with van der Waals surface area (Å²) >= 11 is 6.67. The van der Waals surface area contributed by atoms with Gasteiger partial charge in [0.15, 0.2) is 6.61 Å². The molecule has 3 heterocycles. The van der Waals surface area contributed by atoms with E-state index in [1.807, 2.05) is 16.3 Å². The van der Waals surface area contributed by atoms with Crippen LogP contribution < -0.4 is 4.74 Å². The third-order valence-corrected chi connectivity index (χ3v) is 6.88. The molecule has 0 N–H and O–H groups in total. The van der Waals surface area contributed by atoms with Gasteiger partial charge < -0.3 is 9.64 Å². The quantitative estimate of drug-likeness (QED) is 0.540. The number of benzene rings is 1. The smallest absolute Gasteiger partial charge is 0.261 e. The Bertz CT molecular complexity index is 926. The van der Waals surface area contributed by atoms with E-state index in [1.54, 1.807) is 22.7 Å². The van der Waals surface area contributed by atoms with Gasteiger partial charge in [-0.2, -0.15) is 0 Å². The SMILES string of the molecule is O=C(COc1ccc(F)cc1Br)N1CCc2sccc2C1c1cccs1. The molecule has 4 rings (SSSR count). The largest absolute Gasteiger partial charge is 0.483 e. The molecular weight excluding hydrogens is 437 g/mol. The molecule has 26 heavy (non-hydrogen) atoms. The molecule has 0 saturated carbocycles. The molecule has 1 aliphatic rings. The summed E-state index contributed by atoms with van der Waals surface area (Å²) in [6.45, 7) is 0.592. The highest BCUT2D eigenvalue weighted by Crippen LogP contribution is 2.39.